The minimum absolute atomic E-state index is 0.385. The lowest BCUT2D eigenvalue weighted by molar-refractivity contribution is -0.158. The third kappa shape index (κ3) is 11.2. The zero-order chi connectivity index (χ0) is 29.3. The van der Waals surface area contributed by atoms with Gasteiger partial charge in [0.2, 0.25) is 6.29 Å². The lowest BCUT2D eigenvalue weighted by Crippen LogP contribution is -2.23. The molecular formula is C35H43NO5. The molecule has 41 heavy (non-hydrogen) atoms. The molecule has 0 fully saturated rings. The van der Waals surface area contributed by atoms with Gasteiger partial charge in [-0.15, -0.1) is 0 Å². The molecule has 0 saturated carbocycles. The van der Waals surface area contributed by atoms with E-state index in [1.165, 1.54) is 37.7 Å². The van der Waals surface area contributed by atoms with Gasteiger partial charge in [0.1, 0.15) is 11.5 Å². The molecule has 1 heterocycles. The highest BCUT2D eigenvalue weighted by Gasteiger charge is 2.16. The molecule has 3 aromatic rings. The molecule has 6 nitrogen and oxygen atoms in total. The molecule has 6 heteroatoms. The van der Waals surface area contributed by atoms with Crippen LogP contribution in [0.4, 0.5) is 0 Å². The Morgan fingerprint density at radius 1 is 0.805 bits per heavy atom. The number of pyridine rings is 1. The van der Waals surface area contributed by atoms with Gasteiger partial charge in [-0.2, -0.15) is 0 Å². The summed E-state index contributed by atoms with van der Waals surface area (Å²) in [6, 6.07) is 18.1. The van der Waals surface area contributed by atoms with Gasteiger partial charge in [-0.1, -0.05) is 71.4 Å². The van der Waals surface area contributed by atoms with Crippen molar-refractivity contribution in [3.63, 3.8) is 0 Å². The summed E-state index contributed by atoms with van der Waals surface area (Å²) in [4.78, 5) is 29.0. The van der Waals surface area contributed by atoms with E-state index in [0.29, 0.717) is 23.5 Å². The van der Waals surface area contributed by atoms with Gasteiger partial charge in [-0.3, -0.25) is 4.98 Å². The highest BCUT2D eigenvalue weighted by Crippen LogP contribution is 2.23. The van der Waals surface area contributed by atoms with Crippen LogP contribution in [0.5, 0.6) is 11.5 Å². The number of carbonyl (C=O) groups excluding carboxylic acids is 2. The van der Waals surface area contributed by atoms with Crippen LogP contribution in [0.25, 0.3) is 11.3 Å². The molecule has 0 radical (unpaired) electrons. The lowest BCUT2D eigenvalue weighted by atomic mass is 10.1. The summed E-state index contributed by atoms with van der Waals surface area (Å²) in [5.41, 5.74) is 3.49. The summed E-state index contributed by atoms with van der Waals surface area (Å²) in [5, 5.41) is 0. The van der Waals surface area contributed by atoms with E-state index in [1.54, 1.807) is 36.4 Å². The van der Waals surface area contributed by atoms with Crippen molar-refractivity contribution < 1.29 is 23.8 Å². The zero-order valence-corrected chi connectivity index (χ0v) is 24.5. The van der Waals surface area contributed by atoms with Gasteiger partial charge >= 0.3 is 11.9 Å². The van der Waals surface area contributed by atoms with Crippen LogP contribution in [0.1, 0.15) is 94.0 Å². The fourth-order valence-corrected chi connectivity index (χ4v) is 4.41. The number of nitrogens with zero attached hydrogens (tertiary/aromatic N) is 1. The maximum Gasteiger partial charge on any atom is 0.343 e. The second-order valence-electron chi connectivity index (χ2n) is 10.2. The first-order chi connectivity index (χ1) is 20.0. The van der Waals surface area contributed by atoms with Crippen LogP contribution < -0.4 is 9.47 Å². The number of aryl methyl sites for hydroxylation is 1. The predicted molar refractivity (Wildman–Crippen MR) is 163 cm³/mol. The maximum absolute atomic E-state index is 12.7. The predicted octanol–water partition coefficient (Wildman–Crippen LogP) is 8.89. The van der Waals surface area contributed by atoms with E-state index in [2.05, 4.69) is 31.5 Å². The molecule has 1 atom stereocenters. The Morgan fingerprint density at radius 2 is 1.46 bits per heavy atom. The number of rotatable bonds is 18. The van der Waals surface area contributed by atoms with Crippen molar-refractivity contribution in [3.8, 4) is 22.8 Å². The van der Waals surface area contributed by atoms with Crippen LogP contribution in [0.15, 0.2) is 79.5 Å². The number of hydrogen-bond donors (Lipinski definition) is 0. The molecule has 218 valence electrons. The molecule has 0 aliphatic heterocycles. The first kappa shape index (κ1) is 31.6. The Hall–Kier alpha value is -3.93. The Bertz CT molecular complexity index is 1200. The van der Waals surface area contributed by atoms with Crippen LogP contribution in [-0.2, 0) is 16.0 Å². The zero-order valence-electron chi connectivity index (χ0n) is 24.5. The Morgan fingerprint density at radius 3 is 2.10 bits per heavy atom. The molecule has 1 unspecified atom stereocenters. The number of unbranched alkanes of at least 4 members (excludes halogenated alkanes) is 7. The average molecular weight is 558 g/mol. The molecule has 0 N–H and O–H groups in total. The van der Waals surface area contributed by atoms with Crippen molar-refractivity contribution in [2.75, 3.05) is 0 Å². The Balaban J connectivity index is 1.52. The largest absolute Gasteiger partial charge is 0.455 e. The second-order valence-corrected chi connectivity index (χ2v) is 10.2. The van der Waals surface area contributed by atoms with E-state index in [4.69, 9.17) is 14.2 Å². The van der Waals surface area contributed by atoms with E-state index in [9.17, 15) is 9.59 Å². The maximum atomic E-state index is 12.7. The van der Waals surface area contributed by atoms with Gasteiger partial charge < -0.3 is 14.2 Å². The number of hydrogen-bond acceptors (Lipinski definition) is 6. The first-order valence-corrected chi connectivity index (χ1v) is 14.9. The molecule has 0 amide bonds. The van der Waals surface area contributed by atoms with Crippen LogP contribution >= 0.6 is 0 Å². The van der Waals surface area contributed by atoms with Gasteiger partial charge in [-0.25, -0.2) is 9.59 Å². The van der Waals surface area contributed by atoms with Crippen molar-refractivity contribution in [3.05, 3.63) is 90.6 Å². The molecule has 0 aliphatic rings. The topological polar surface area (TPSA) is 74.7 Å². The van der Waals surface area contributed by atoms with E-state index in [-0.39, 0.29) is 0 Å². The van der Waals surface area contributed by atoms with Gasteiger partial charge in [0.05, 0.1) is 11.3 Å². The fraction of sp³-hybridized carbons (Fsp3) is 0.400. The van der Waals surface area contributed by atoms with Gasteiger partial charge in [0.15, 0.2) is 0 Å². The molecular weight excluding hydrogens is 514 g/mol. The molecule has 2 aromatic carbocycles. The summed E-state index contributed by atoms with van der Waals surface area (Å²) in [6.45, 7) is 7.82. The van der Waals surface area contributed by atoms with Crippen molar-refractivity contribution in [2.45, 2.75) is 90.8 Å². The fourth-order valence-electron chi connectivity index (χ4n) is 4.41. The summed E-state index contributed by atoms with van der Waals surface area (Å²) in [6.07, 6.45) is 14.5. The molecule has 0 aliphatic carbocycles. The number of ether oxygens (including phenoxy) is 3. The molecule has 0 saturated heterocycles. The van der Waals surface area contributed by atoms with Crippen molar-refractivity contribution in [2.24, 2.45) is 0 Å². The molecule has 0 spiro atoms. The third-order valence-electron chi connectivity index (χ3n) is 6.82. The van der Waals surface area contributed by atoms with Gasteiger partial charge in [-0.05, 0) is 79.4 Å². The van der Waals surface area contributed by atoms with E-state index in [0.717, 1.165) is 49.4 Å². The Labute approximate surface area is 244 Å². The highest BCUT2D eigenvalue weighted by atomic mass is 16.7. The van der Waals surface area contributed by atoms with E-state index in [1.807, 2.05) is 24.4 Å². The van der Waals surface area contributed by atoms with Crippen LogP contribution in [0.2, 0.25) is 0 Å². The monoisotopic (exact) mass is 557 g/mol. The SMILES string of the molecule is C=CC(=O)OC(CCCCCC)Oc1ccc(C(=O)Oc2ccc(-c3ccc(CCCCCCC)cn3)cc2)cc1. The van der Waals surface area contributed by atoms with Crippen LogP contribution in [0, 0.1) is 0 Å². The third-order valence-corrected chi connectivity index (χ3v) is 6.82. The lowest BCUT2D eigenvalue weighted by Gasteiger charge is -2.19. The summed E-state index contributed by atoms with van der Waals surface area (Å²) in [7, 11) is 0. The van der Waals surface area contributed by atoms with E-state index < -0.39 is 18.2 Å². The summed E-state index contributed by atoms with van der Waals surface area (Å²) < 4.78 is 16.8. The quantitative estimate of drug-likeness (QED) is 0.0511. The van der Waals surface area contributed by atoms with Gasteiger partial charge in [0, 0.05) is 24.3 Å². The second kappa shape index (κ2) is 17.7. The minimum atomic E-state index is -0.713. The normalized spacial score (nSPS) is 11.5. The first-order valence-electron chi connectivity index (χ1n) is 14.9. The summed E-state index contributed by atoms with van der Waals surface area (Å²) >= 11 is 0. The van der Waals surface area contributed by atoms with Crippen molar-refractivity contribution >= 4 is 11.9 Å². The van der Waals surface area contributed by atoms with Gasteiger partial charge in [0.25, 0.3) is 0 Å². The van der Waals surface area contributed by atoms with Crippen LogP contribution in [-0.4, -0.2) is 23.2 Å². The number of benzene rings is 2. The summed E-state index contributed by atoms with van der Waals surface area (Å²) in [5.74, 6) is -0.0536. The number of carbonyl (C=O) groups is 2. The van der Waals surface area contributed by atoms with Crippen molar-refractivity contribution in [1.82, 2.24) is 4.98 Å². The Kier molecular flexibility index (Phi) is 13.6. The number of aromatic nitrogens is 1. The van der Waals surface area contributed by atoms with Crippen LogP contribution in [0.3, 0.4) is 0 Å². The standard InChI is InChI=1S/C35H43NO5/c1-4-7-9-11-12-14-27-16-25-32(36-26-27)28-17-21-31(22-18-28)40-35(38)29-19-23-30(24-20-29)39-34(41-33(37)6-3)15-13-10-8-5-2/h6,16-26,34H,3-5,7-15H2,1-2H3. The van der Waals surface area contributed by atoms with E-state index >= 15 is 0 Å². The highest BCUT2D eigenvalue weighted by molar-refractivity contribution is 5.91. The molecule has 3 rings (SSSR count). The molecule has 0 bridgehead atoms. The molecule has 1 aromatic heterocycles. The smallest absolute Gasteiger partial charge is 0.343 e. The minimum Gasteiger partial charge on any atom is -0.455 e. The number of esters is 2. The average Bonchev–Trinajstić information content (AvgIpc) is 3.00. The van der Waals surface area contributed by atoms with Crippen molar-refractivity contribution in [1.29, 1.82) is 0 Å².